The van der Waals surface area contributed by atoms with Crippen molar-refractivity contribution in [3.8, 4) is 61.3 Å². The molecule has 0 bridgehead atoms. The molecule has 0 unspecified atom stereocenters. The average Bonchev–Trinajstić information content (AvgIpc) is 4.10. The number of aromatic nitrogens is 1. The summed E-state index contributed by atoms with van der Waals surface area (Å²) in [5.41, 5.74) is 23.5. The predicted octanol–water partition coefficient (Wildman–Crippen LogP) is 20.4. The van der Waals surface area contributed by atoms with Crippen LogP contribution in [0.4, 0.5) is 17.1 Å². The number of anilines is 3. The zero-order chi connectivity index (χ0) is 52.3. The second-order valence-electron chi connectivity index (χ2n) is 20.8. The van der Waals surface area contributed by atoms with Gasteiger partial charge in [-0.2, -0.15) is 0 Å². The molecule has 2 nitrogen and oxygen atoms in total. The third-order valence-electron chi connectivity index (χ3n) is 16.5. The molecule has 79 heavy (non-hydrogen) atoms. The van der Waals surface area contributed by atoms with Gasteiger partial charge in [-0.25, -0.2) is 0 Å². The minimum atomic E-state index is -0.464. The largest absolute Gasteiger partial charge is 0.311 e. The quantitative estimate of drug-likeness (QED) is 0.133. The number of rotatable bonds is 10. The van der Waals surface area contributed by atoms with Gasteiger partial charge in [0.15, 0.2) is 0 Å². The number of para-hydroxylation sites is 3. The summed E-state index contributed by atoms with van der Waals surface area (Å²) in [6.07, 6.45) is 0. The molecule has 2 heteroatoms. The van der Waals surface area contributed by atoms with E-state index in [1.54, 1.807) is 0 Å². The number of benzene rings is 13. The van der Waals surface area contributed by atoms with Crippen LogP contribution in [0.1, 0.15) is 22.3 Å². The molecule has 15 rings (SSSR count). The van der Waals surface area contributed by atoms with Gasteiger partial charge in [0.05, 0.1) is 22.1 Å². The van der Waals surface area contributed by atoms with Crippen LogP contribution in [0.2, 0.25) is 0 Å². The highest BCUT2D eigenvalue weighted by molar-refractivity contribution is 6.09. The average molecular weight is 1010 g/mol. The maximum atomic E-state index is 2.45. The molecule has 1 aliphatic rings. The fourth-order valence-corrected chi connectivity index (χ4v) is 12.8. The Bertz CT molecular complexity index is 4460. The van der Waals surface area contributed by atoms with Gasteiger partial charge in [0.1, 0.15) is 0 Å². The third kappa shape index (κ3) is 7.71. The Kier molecular flexibility index (Phi) is 11.1. The minimum Gasteiger partial charge on any atom is -0.311 e. The zero-order valence-electron chi connectivity index (χ0n) is 43.4. The lowest BCUT2D eigenvalue weighted by molar-refractivity contribution is 0.769. The number of nitrogens with zero attached hydrogens (tertiary/aromatic N) is 2. The molecule has 0 saturated heterocycles. The lowest BCUT2D eigenvalue weighted by atomic mass is 9.67. The Balaban J connectivity index is 0.785. The Hall–Kier alpha value is -10.3. The van der Waals surface area contributed by atoms with E-state index >= 15 is 0 Å². The number of hydrogen-bond acceptors (Lipinski definition) is 1. The summed E-state index contributed by atoms with van der Waals surface area (Å²) < 4.78 is 2.41. The summed E-state index contributed by atoms with van der Waals surface area (Å²) >= 11 is 0. The van der Waals surface area contributed by atoms with Crippen molar-refractivity contribution in [2.24, 2.45) is 0 Å². The van der Waals surface area contributed by atoms with Gasteiger partial charge >= 0.3 is 0 Å². The van der Waals surface area contributed by atoms with Gasteiger partial charge in [0.25, 0.3) is 0 Å². The fraction of sp³-hybridized carbons (Fsp3) is 0.0130. The fourth-order valence-electron chi connectivity index (χ4n) is 12.8. The van der Waals surface area contributed by atoms with Gasteiger partial charge in [0, 0.05) is 33.4 Å². The molecule has 1 aromatic heterocycles. The highest BCUT2D eigenvalue weighted by atomic mass is 15.1. The molecule has 0 radical (unpaired) electrons. The monoisotopic (exact) mass is 1000 g/mol. The van der Waals surface area contributed by atoms with E-state index in [2.05, 4.69) is 325 Å². The van der Waals surface area contributed by atoms with Crippen LogP contribution in [-0.2, 0) is 5.41 Å². The van der Waals surface area contributed by atoms with Crippen LogP contribution >= 0.6 is 0 Å². The molecule has 0 fully saturated rings. The first-order valence-electron chi connectivity index (χ1n) is 27.3. The lowest BCUT2D eigenvalue weighted by Gasteiger charge is -2.34. The molecule has 0 amide bonds. The van der Waals surface area contributed by atoms with Crippen molar-refractivity contribution in [1.29, 1.82) is 0 Å². The lowest BCUT2D eigenvalue weighted by Crippen LogP contribution is -2.28. The van der Waals surface area contributed by atoms with Crippen LogP contribution in [0.25, 0.3) is 93.9 Å². The van der Waals surface area contributed by atoms with Crippen LogP contribution in [0.15, 0.2) is 315 Å². The van der Waals surface area contributed by atoms with Gasteiger partial charge in [-0.3, -0.25) is 0 Å². The third-order valence-corrected chi connectivity index (χ3v) is 16.5. The van der Waals surface area contributed by atoms with Gasteiger partial charge < -0.3 is 9.47 Å². The number of fused-ring (bicyclic) bond motifs is 7. The summed E-state index contributed by atoms with van der Waals surface area (Å²) in [4.78, 5) is 2.38. The molecular weight excluding hydrogens is 953 g/mol. The molecule has 13 aromatic carbocycles. The first kappa shape index (κ1) is 46.1. The Labute approximate surface area is 461 Å². The van der Waals surface area contributed by atoms with Crippen LogP contribution in [0, 0.1) is 0 Å². The van der Waals surface area contributed by atoms with Crippen molar-refractivity contribution in [2.45, 2.75) is 5.41 Å². The van der Waals surface area contributed by atoms with E-state index < -0.39 is 5.41 Å². The van der Waals surface area contributed by atoms with Crippen molar-refractivity contribution in [3.05, 3.63) is 338 Å². The normalized spacial score (nSPS) is 12.4. The minimum absolute atomic E-state index is 0.464. The molecule has 0 spiro atoms. The Morgan fingerprint density at radius 3 is 1.25 bits per heavy atom. The van der Waals surface area contributed by atoms with Crippen LogP contribution in [-0.4, -0.2) is 4.57 Å². The van der Waals surface area contributed by atoms with E-state index in [0.29, 0.717) is 0 Å². The molecule has 1 aliphatic carbocycles. The molecule has 1 heterocycles. The molecular formula is C77H52N2. The first-order valence-corrected chi connectivity index (χ1v) is 27.3. The van der Waals surface area contributed by atoms with E-state index in [1.807, 2.05) is 0 Å². The first-order chi connectivity index (χ1) is 39.2. The Morgan fingerprint density at radius 1 is 0.253 bits per heavy atom. The molecule has 0 atom stereocenters. The maximum absolute atomic E-state index is 2.45. The van der Waals surface area contributed by atoms with E-state index in [4.69, 9.17) is 0 Å². The highest BCUT2D eigenvalue weighted by Crippen LogP contribution is 2.57. The highest BCUT2D eigenvalue weighted by Gasteiger charge is 2.46. The maximum Gasteiger partial charge on any atom is 0.0713 e. The van der Waals surface area contributed by atoms with Gasteiger partial charge in [-0.05, 0) is 150 Å². The van der Waals surface area contributed by atoms with Gasteiger partial charge in [-0.15, -0.1) is 0 Å². The molecule has 0 saturated carbocycles. The van der Waals surface area contributed by atoms with E-state index in [0.717, 1.165) is 22.6 Å². The summed E-state index contributed by atoms with van der Waals surface area (Å²) in [6.45, 7) is 0. The Morgan fingerprint density at radius 2 is 0.658 bits per heavy atom. The van der Waals surface area contributed by atoms with Gasteiger partial charge in [0.2, 0.25) is 0 Å². The van der Waals surface area contributed by atoms with Crippen molar-refractivity contribution in [3.63, 3.8) is 0 Å². The van der Waals surface area contributed by atoms with Crippen molar-refractivity contribution in [1.82, 2.24) is 4.57 Å². The molecule has 0 aliphatic heterocycles. The topological polar surface area (TPSA) is 8.17 Å². The van der Waals surface area contributed by atoms with E-state index in [-0.39, 0.29) is 0 Å². The summed E-state index contributed by atoms with van der Waals surface area (Å²) in [6, 6.07) is 116. The van der Waals surface area contributed by atoms with Crippen molar-refractivity contribution >= 4 is 49.6 Å². The molecule has 0 N–H and O–H groups in total. The SMILES string of the molecule is c1ccc(C2(c3ccccc3)c3ccccc3-c3ccc(-c4ccc(N(c5ccc(-c6ccc(-c7ccccc7-n7c8ccccc8c8ccccc87)cc6)cc5)c5ccc(-c6ccc7ccccc7c6)cc5)cc4)cc32)cc1. The van der Waals surface area contributed by atoms with Crippen LogP contribution in [0.5, 0.6) is 0 Å². The molecule has 14 aromatic rings. The van der Waals surface area contributed by atoms with E-state index in [1.165, 1.54) is 111 Å². The standard InChI is InChI=1S/C77H52N2/c1-3-19-62(20-4-1)77(63-21-5-2-6-22-63)72-27-13-9-24-68(72)69-50-43-61(52-73(69)77)57-41-48-66(49-42-57)78(65-46-39-56(40-47-65)60-36-33-53-17-7-8-18-59(53)51-60)64-44-37-55(38-45-64)54-31-34-58(35-32-54)67-23-10-14-28-74(67)79-75-29-15-11-25-70(75)71-26-12-16-30-76(71)79/h1-52H. The summed E-state index contributed by atoms with van der Waals surface area (Å²) in [5, 5.41) is 5.01. The molecule has 370 valence electrons. The second kappa shape index (κ2) is 19.1. The van der Waals surface area contributed by atoms with Gasteiger partial charge in [-0.1, -0.05) is 249 Å². The number of hydrogen-bond donors (Lipinski definition) is 0. The van der Waals surface area contributed by atoms with Crippen LogP contribution in [0.3, 0.4) is 0 Å². The van der Waals surface area contributed by atoms with Crippen LogP contribution < -0.4 is 4.90 Å². The predicted molar refractivity (Wildman–Crippen MR) is 332 cm³/mol. The van der Waals surface area contributed by atoms with Crippen molar-refractivity contribution < 1.29 is 0 Å². The zero-order valence-corrected chi connectivity index (χ0v) is 43.4. The summed E-state index contributed by atoms with van der Waals surface area (Å²) in [5.74, 6) is 0. The van der Waals surface area contributed by atoms with E-state index in [9.17, 15) is 0 Å². The smallest absolute Gasteiger partial charge is 0.0713 e. The second-order valence-corrected chi connectivity index (χ2v) is 20.8. The summed E-state index contributed by atoms with van der Waals surface area (Å²) in [7, 11) is 0. The van der Waals surface area contributed by atoms with Crippen molar-refractivity contribution in [2.75, 3.05) is 4.90 Å².